The predicted molar refractivity (Wildman–Crippen MR) is 33.1 cm³/mol. The zero-order valence-electron chi connectivity index (χ0n) is 6.80. The van der Waals surface area contributed by atoms with Gasteiger partial charge in [0.15, 0.2) is 0 Å². The number of carboxylic acids is 1. The van der Waals surface area contributed by atoms with E-state index in [1.54, 1.807) is 0 Å². The van der Waals surface area contributed by atoms with E-state index in [-0.39, 0.29) is 68.9 Å². The van der Waals surface area contributed by atoms with E-state index in [4.69, 9.17) is 0 Å². The molecule has 2 rings (SSSR count). The van der Waals surface area contributed by atoms with Crippen molar-refractivity contribution in [2.75, 3.05) is 19.6 Å². The minimum absolute atomic E-state index is 0. The first kappa shape index (κ1) is 10.6. The second kappa shape index (κ2) is 3.69. The van der Waals surface area contributed by atoms with Crippen LogP contribution >= 0.6 is 0 Å². The summed E-state index contributed by atoms with van der Waals surface area (Å²) < 4.78 is 0. The molecule has 2 saturated heterocycles. The second-order valence-corrected chi connectivity index (χ2v) is 3.34. The van der Waals surface area contributed by atoms with Gasteiger partial charge in [0.2, 0.25) is 0 Å². The monoisotopic (exact) mass is 273 g/mol. The molecule has 0 N–H and O–H groups in total. The number of piperidine rings is 1. The molecule has 0 aromatic carbocycles. The van der Waals surface area contributed by atoms with Gasteiger partial charge in [-0.2, -0.15) is 0 Å². The fourth-order valence-electron chi connectivity index (χ4n) is 1.99. The van der Waals surface area contributed by atoms with Crippen molar-refractivity contribution in [2.45, 2.75) is 12.8 Å². The molecule has 0 unspecified atom stereocenters. The first-order valence-corrected chi connectivity index (χ1v) is 3.67. The van der Waals surface area contributed by atoms with Crippen LogP contribution in [0.15, 0.2) is 0 Å². The summed E-state index contributed by atoms with van der Waals surface area (Å²) in [5, 5.41) is 10.6. The number of hydrogen-bond donors (Lipinski definition) is 0. The Bertz CT molecular complexity index is 175. The van der Waals surface area contributed by atoms with E-state index in [1.807, 2.05) is 0 Å². The number of fused-ring (bicyclic) bond motifs is 2. The Morgan fingerprint density at radius 2 is 1.91 bits per heavy atom. The Kier molecular flexibility index (Phi) is 3.55. The normalized spacial score (nSPS) is 40.2. The minimum atomic E-state index is -0.840. The Hall–Kier alpha value is 1.48. The second-order valence-electron chi connectivity index (χ2n) is 3.34. The molecule has 0 aliphatic carbocycles. The van der Waals surface area contributed by atoms with Gasteiger partial charge in [-0.3, -0.25) is 0 Å². The van der Waals surface area contributed by atoms with Crippen LogP contribution in [-0.4, -0.2) is 30.5 Å². The van der Waals surface area contributed by atoms with Crippen molar-refractivity contribution in [1.82, 2.24) is 4.90 Å². The fourth-order valence-corrected chi connectivity index (χ4v) is 1.99. The molecule has 4 heteroatoms. The molecule has 2 aliphatic heterocycles. The van der Waals surface area contributed by atoms with Crippen LogP contribution in [0.25, 0.3) is 0 Å². The van der Waals surface area contributed by atoms with Gasteiger partial charge in [0.25, 0.3) is 0 Å². The van der Waals surface area contributed by atoms with E-state index in [1.165, 1.54) is 0 Å². The van der Waals surface area contributed by atoms with E-state index >= 15 is 0 Å². The summed E-state index contributed by atoms with van der Waals surface area (Å²) in [6.45, 7) is 2.64. The maximum atomic E-state index is 10.6. The first-order valence-electron chi connectivity index (χ1n) is 3.67. The molecule has 3 nitrogen and oxygen atoms in total. The van der Waals surface area contributed by atoms with E-state index in [0.29, 0.717) is 0 Å². The number of carbonyl (C=O) groups is 1. The van der Waals surface area contributed by atoms with E-state index < -0.39 is 11.4 Å². The fraction of sp³-hybridized carbons (Fsp3) is 0.857. The van der Waals surface area contributed by atoms with E-state index in [0.717, 1.165) is 32.5 Å². The largest absolute Gasteiger partial charge is 1.00 e. The van der Waals surface area contributed by atoms with E-state index in [9.17, 15) is 9.90 Å². The average Bonchev–Trinajstić information content (AvgIpc) is 2.45. The van der Waals surface area contributed by atoms with E-state index in [2.05, 4.69) is 4.90 Å². The van der Waals surface area contributed by atoms with Gasteiger partial charge >= 0.3 is 68.9 Å². The molecule has 2 heterocycles. The molecule has 0 saturated carbocycles. The third-order valence-electron chi connectivity index (χ3n) is 2.77. The van der Waals surface area contributed by atoms with Crippen LogP contribution < -0.4 is 74.0 Å². The van der Waals surface area contributed by atoms with Gasteiger partial charge in [-0.05, 0) is 25.9 Å². The van der Waals surface area contributed by atoms with Gasteiger partial charge in [-0.1, -0.05) is 0 Å². The van der Waals surface area contributed by atoms with Gasteiger partial charge < -0.3 is 14.8 Å². The number of hydrogen-bond acceptors (Lipinski definition) is 3. The van der Waals surface area contributed by atoms with Crippen molar-refractivity contribution >= 4 is 5.97 Å². The summed E-state index contributed by atoms with van der Waals surface area (Å²) in [5.74, 6) is -0.840. The molecule has 11 heavy (non-hydrogen) atoms. The number of aliphatic carboxylic acids is 1. The van der Waals surface area contributed by atoms with Gasteiger partial charge in [-0.25, -0.2) is 0 Å². The Morgan fingerprint density at radius 1 is 1.36 bits per heavy atom. The Labute approximate surface area is 125 Å². The van der Waals surface area contributed by atoms with Gasteiger partial charge in [0.05, 0.1) is 0 Å². The summed E-state index contributed by atoms with van der Waals surface area (Å²) in [6.07, 6.45) is 1.60. The molecule has 0 aromatic heterocycles. The third-order valence-corrected chi connectivity index (χ3v) is 2.77. The van der Waals surface area contributed by atoms with Crippen LogP contribution in [0, 0.1) is 5.41 Å². The van der Waals surface area contributed by atoms with Crippen molar-refractivity contribution in [3.63, 3.8) is 0 Å². The van der Waals surface area contributed by atoms with Crippen molar-refractivity contribution < 1.29 is 78.8 Å². The number of carboxylic acid groups (broad SMARTS) is 1. The zero-order chi connectivity index (χ0) is 7.19. The third kappa shape index (κ3) is 1.72. The number of nitrogens with zero attached hydrogens (tertiary/aromatic N) is 1. The zero-order valence-corrected chi connectivity index (χ0v) is 13.1. The summed E-state index contributed by atoms with van der Waals surface area (Å²) in [5.41, 5.74) is -0.458. The molecule has 0 spiro atoms. The summed E-state index contributed by atoms with van der Waals surface area (Å²) in [6, 6.07) is 0. The molecular weight excluding hydrogens is 263 g/mol. The minimum Gasteiger partial charge on any atom is -0.550 e. The van der Waals surface area contributed by atoms with Crippen LogP contribution in [0.1, 0.15) is 12.8 Å². The molecule has 0 atom stereocenters. The van der Waals surface area contributed by atoms with Crippen molar-refractivity contribution in [2.24, 2.45) is 5.41 Å². The van der Waals surface area contributed by atoms with Crippen molar-refractivity contribution in [3.8, 4) is 0 Å². The topological polar surface area (TPSA) is 43.4 Å². The summed E-state index contributed by atoms with van der Waals surface area (Å²) >= 11 is 0. The van der Waals surface area contributed by atoms with Crippen molar-refractivity contribution in [3.05, 3.63) is 0 Å². The Balaban J connectivity index is 0.000000605. The van der Waals surface area contributed by atoms with Crippen LogP contribution in [0.3, 0.4) is 0 Å². The maximum absolute atomic E-state index is 10.6. The molecule has 0 radical (unpaired) electrons. The first-order chi connectivity index (χ1) is 4.73. The number of carbonyl (C=O) groups excluding carboxylic acids is 1. The van der Waals surface area contributed by atoms with Crippen LogP contribution in [-0.2, 0) is 4.79 Å². The molecule has 2 fully saturated rings. The molecule has 56 valence electrons. The Morgan fingerprint density at radius 3 is 2.09 bits per heavy atom. The predicted octanol–water partition coefficient (Wildman–Crippen LogP) is -4.16. The van der Waals surface area contributed by atoms with Gasteiger partial charge in [-0.15, -0.1) is 0 Å². The molecule has 0 amide bonds. The van der Waals surface area contributed by atoms with Crippen LogP contribution in [0.4, 0.5) is 0 Å². The molecular formula is C7H10CsNO2. The van der Waals surface area contributed by atoms with Crippen molar-refractivity contribution in [1.29, 1.82) is 0 Å². The standard InChI is InChI=1S/C7H11NO2.Cs/c9-6(10)7-1-3-8(5-7)4-2-7;/h1-5H2,(H,9,10);/q;+1/p-1. The molecule has 2 bridgehead atoms. The molecule has 0 aromatic rings. The maximum Gasteiger partial charge on any atom is 1.00 e. The van der Waals surface area contributed by atoms with Gasteiger partial charge in [0.1, 0.15) is 0 Å². The molecule has 2 aliphatic rings. The smallest absolute Gasteiger partial charge is 0.550 e. The average molecular weight is 273 g/mol. The quantitative estimate of drug-likeness (QED) is 0.487. The van der Waals surface area contributed by atoms with Crippen LogP contribution in [0.5, 0.6) is 0 Å². The summed E-state index contributed by atoms with van der Waals surface area (Å²) in [4.78, 5) is 12.8. The van der Waals surface area contributed by atoms with Crippen LogP contribution in [0.2, 0.25) is 0 Å². The SMILES string of the molecule is O=C([O-])C12CCN(CC1)C2.[Cs+]. The summed E-state index contributed by atoms with van der Waals surface area (Å²) in [7, 11) is 0. The number of rotatable bonds is 1. The van der Waals surface area contributed by atoms with Gasteiger partial charge in [0, 0.05) is 17.9 Å².